The fourth-order valence-corrected chi connectivity index (χ4v) is 7.75. The van der Waals surface area contributed by atoms with Gasteiger partial charge in [0.1, 0.15) is 5.75 Å². The first-order valence-electron chi connectivity index (χ1n) is 13.4. The maximum atomic E-state index is 13.0. The van der Waals surface area contributed by atoms with Crippen LogP contribution in [0.1, 0.15) is 62.2 Å². The summed E-state index contributed by atoms with van der Waals surface area (Å²) in [6, 6.07) is 7.86. The molecule has 4 fully saturated rings. The molecule has 1 spiro atoms. The number of amides is 4. The molecule has 4 saturated heterocycles. The second-order valence-corrected chi connectivity index (χ2v) is 12.0. The maximum Gasteiger partial charge on any atom is 0.315 e. The Morgan fingerprint density at radius 2 is 1.78 bits per heavy atom. The lowest BCUT2D eigenvalue weighted by molar-refractivity contribution is -0.130. The summed E-state index contributed by atoms with van der Waals surface area (Å²) in [6.07, 6.45) is 6.53. The van der Waals surface area contributed by atoms with Gasteiger partial charge in [-0.15, -0.1) is 0 Å². The Balaban J connectivity index is 1.02. The van der Waals surface area contributed by atoms with Gasteiger partial charge in [-0.2, -0.15) is 11.8 Å². The Morgan fingerprint density at radius 3 is 2.50 bits per heavy atom. The lowest BCUT2D eigenvalue weighted by Gasteiger charge is -2.39. The molecule has 1 aromatic rings. The van der Waals surface area contributed by atoms with Gasteiger partial charge in [0.2, 0.25) is 5.91 Å². The lowest BCUT2D eigenvalue weighted by Crippen LogP contribution is -2.44. The third-order valence-corrected chi connectivity index (χ3v) is 9.89. The normalized spacial score (nSPS) is 26.6. The molecule has 196 valence electrons. The Labute approximate surface area is 217 Å². The Hall–Kier alpha value is -2.42. The van der Waals surface area contributed by atoms with E-state index in [0.717, 1.165) is 76.2 Å². The molecule has 4 heterocycles. The van der Waals surface area contributed by atoms with E-state index < -0.39 is 0 Å². The molecule has 3 atom stereocenters. The van der Waals surface area contributed by atoms with Gasteiger partial charge in [-0.25, -0.2) is 4.79 Å². The van der Waals surface area contributed by atoms with Gasteiger partial charge in [-0.3, -0.25) is 9.59 Å². The van der Waals surface area contributed by atoms with Gasteiger partial charge in [0.15, 0.2) is 0 Å². The first-order chi connectivity index (χ1) is 17.5. The van der Waals surface area contributed by atoms with Crippen molar-refractivity contribution in [2.75, 3.05) is 38.5 Å². The highest BCUT2D eigenvalue weighted by molar-refractivity contribution is 8.00. The van der Waals surface area contributed by atoms with Gasteiger partial charge in [0, 0.05) is 49.2 Å². The SMILES string of the molecule is CCOc1ccc(C(=O)N2CCC3(CCN(C(=O)CCCCC4SCC5NC(=O)NC54)C3)CC2)cc1. The summed E-state index contributed by atoms with van der Waals surface area (Å²) in [6.45, 7) is 5.73. The number of carbonyl (C=O) groups is 3. The summed E-state index contributed by atoms with van der Waals surface area (Å²) in [5, 5.41) is 6.48. The summed E-state index contributed by atoms with van der Waals surface area (Å²) in [4.78, 5) is 41.4. The number of fused-ring (bicyclic) bond motifs is 1. The highest BCUT2D eigenvalue weighted by atomic mass is 32.2. The topological polar surface area (TPSA) is 91.0 Å². The molecule has 0 saturated carbocycles. The van der Waals surface area contributed by atoms with Crippen molar-refractivity contribution in [1.29, 1.82) is 0 Å². The zero-order chi connectivity index (χ0) is 25.1. The molecule has 3 unspecified atom stereocenters. The Morgan fingerprint density at radius 1 is 1.06 bits per heavy atom. The summed E-state index contributed by atoms with van der Waals surface area (Å²) >= 11 is 1.93. The van der Waals surface area contributed by atoms with E-state index in [2.05, 4.69) is 15.5 Å². The zero-order valence-electron chi connectivity index (χ0n) is 21.2. The molecule has 0 radical (unpaired) electrons. The van der Waals surface area contributed by atoms with Crippen molar-refractivity contribution >= 4 is 29.6 Å². The Kier molecular flexibility index (Phi) is 7.65. The molecule has 9 heteroatoms. The van der Waals surface area contributed by atoms with E-state index in [9.17, 15) is 14.4 Å². The van der Waals surface area contributed by atoms with Gasteiger partial charge in [0.25, 0.3) is 5.91 Å². The van der Waals surface area contributed by atoms with Crippen LogP contribution in [0.25, 0.3) is 0 Å². The van der Waals surface area contributed by atoms with E-state index in [-0.39, 0.29) is 35.3 Å². The predicted octanol–water partition coefficient (Wildman–Crippen LogP) is 3.27. The molecule has 4 aliphatic rings. The summed E-state index contributed by atoms with van der Waals surface area (Å²) in [7, 11) is 0. The van der Waals surface area contributed by atoms with Crippen molar-refractivity contribution in [2.24, 2.45) is 5.41 Å². The molecule has 2 N–H and O–H groups in total. The number of hydrogen-bond donors (Lipinski definition) is 2. The van der Waals surface area contributed by atoms with Crippen molar-refractivity contribution in [2.45, 2.75) is 69.2 Å². The number of urea groups is 1. The third kappa shape index (κ3) is 5.45. The zero-order valence-corrected chi connectivity index (χ0v) is 22.0. The van der Waals surface area contributed by atoms with Crippen LogP contribution in [0.2, 0.25) is 0 Å². The lowest BCUT2D eigenvalue weighted by atomic mass is 9.77. The number of hydrogen-bond acceptors (Lipinski definition) is 5. The highest BCUT2D eigenvalue weighted by Gasteiger charge is 2.44. The van der Waals surface area contributed by atoms with Crippen LogP contribution in [0, 0.1) is 5.41 Å². The first kappa shape index (κ1) is 25.2. The average Bonchev–Trinajstić information content (AvgIpc) is 3.57. The monoisotopic (exact) mass is 514 g/mol. The van der Waals surface area contributed by atoms with E-state index in [1.165, 1.54) is 0 Å². The minimum atomic E-state index is -0.0418. The molecule has 5 rings (SSSR count). The second-order valence-electron chi connectivity index (χ2n) is 10.7. The number of nitrogens with zero attached hydrogens (tertiary/aromatic N) is 2. The van der Waals surface area contributed by atoms with Crippen molar-refractivity contribution < 1.29 is 19.1 Å². The van der Waals surface area contributed by atoms with Gasteiger partial charge in [0.05, 0.1) is 18.7 Å². The molecule has 4 amide bonds. The van der Waals surface area contributed by atoms with E-state index in [1.807, 2.05) is 47.9 Å². The molecule has 1 aromatic carbocycles. The standard InChI is InChI=1S/C27H38N4O4S/c1-2-35-20-9-7-19(8-10-20)25(33)30-14-11-27(12-15-30)13-16-31(18-27)23(32)6-4-3-5-22-24-21(17-36-22)28-26(34)29-24/h7-10,21-22,24H,2-6,11-18H2,1H3,(H2,28,29,34). The summed E-state index contributed by atoms with van der Waals surface area (Å²) < 4.78 is 5.48. The maximum absolute atomic E-state index is 13.0. The average molecular weight is 515 g/mol. The van der Waals surface area contributed by atoms with Gasteiger partial charge in [-0.1, -0.05) is 6.42 Å². The smallest absolute Gasteiger partial charge is 0.315 e. The number of nitrogens with one attached hydrogen (secondary N) is 2. The van der Waals surface area contributed by atoms with Crippen LogP contribution in [-0.4, -0.2) is 83.5 Å². The fourth-order valence-electron chi connectivity index (χ4n) is 6.21. The minimum absolute atomic E-state index is 0.0418. The van der Waals surface area contributed by atoms with E-state index in [1.54, 1.807) is 0 Å². The first-order valence-corrected chi connectivity index (χ1v) is 14.5. The number of ether oxygens (including phenoxy) is 1. The van der Waals surface area contributed by atoms with Crippen LogP contribution in [0.4, 0.5) is 4.79 Å². The van der Waals surface area contributed by atoms with Crippen LogP contribution in [0.5, 0.6) is 5.75 Å². The third-order valence-electron chi connectivity index (χ3n) is 8.38. The van der Waals surface area contributed by atoms with Crippen LogP contribution < -0.4 is 15.4 Å². The Bertz CT molecular complexity index is 963. The van der Waals surface area contributed by atoms with E-state index in [4.69, 9.17) is 4.74 Å². The summed E-state index contributed by atoms with van der Waals surface area (Å²) in [5.74, 6) is 2.12. The number of likely N-dealkylation sites (tertiary alicyclic amines) is 2. The number of rotatable bonds is 8. The molecule has 0 bridgehead atoms. The highest BCUT2D eigenvalue weighted by Crippen LogP contribution is 2.41. The predicted molar refractivity (Wildman–Crippen MR) is 140 cm³/mol. The van der Waals surface area contributed by atoms with Crippen molar-refractivity contribution in [3.63, 3.8) is 0 Å². The minimum Gasteiger partial charge on any atom is -0.494 e. The molecule has 4 aliphatic heterocycles. The fraction of sp³-hybridized carbons (Fsp3) is 0.667. The molecular weight excluding hydrogens is 476 g/mol. The van der Waals surface area contributed by atoms with Crippen molar-refractivity contribution in [1.82, 2.24) is 20.4 Å². The van der Waals surface area contributed by atoms with Crippen LogP contribution >= 0.6 is 11.8 Å². The van der Waals surface area contributed by atoms with Crippen molar-refractivity contribution in [3.05, 3.63) is 29.8 Å². The molecule has 8 nitrogen and oxygen atoms in total. The van der Waals surface area contributed by atoms with Crippen LogP contribution in [0.3, 0.4) is 0 Å². The summed E-state index contributed by atoms with van der Waals surface area (Å²) in [5.41, 5.74) is 0.866. The number of piperidine rings is 1. The number of unbranched alkanes of at least 4 members (excludes halogenated alkanes) is 1. The molecule has 0 aliphatic carbocycles. The van der Waals surface area contributed by atoms with E-state index in [0.29, 0.717) is 23.8 Å². The molecular formula is C27H38N4O4S. The van der Waals surface area contributed by atoms with Gasteiger partial charge in [-0.05, 0) is 68.7 Å². The molecule has 0 aromatic heterocycles. The van der Waals surface area contributed by atoms with Crippen LogP contribution in [-0.2, 0) is 4.79 Å². The quantitative estimate of drug-likeness (QED) is 0.411. The largest absolute Gasteiger partial charge is 0.494 e. The second kappa shape index (κ2) is 10.9. The van der Waals surface area contributed by atoms with E-state index >= 15 is 0 Å². The van der Waals surface area contributed by atoms with Gasteiger partial charge >= 0.3 is 6.03 Å². The van der Waals surface area contributed by atoms with Gasteiger partial charge < -0.3 is 25.2 Å². The molecule has 36 heavy (non-hydrogen) atoms. The number of carbonyl (C=O) groups excluding carboxylic acids is 3. The van der Waals surface area contributed by atoms with Crippen molar-refractivity contribution in [3.8, 4) is 5.75 Å². The van der Waals surface area contributed by atoms with Crippen LogP contribution in [0.15, 0.2) is 24.3 Å². The number of thioether (sulfide) groups is 1. The number of benzene rings is 1.